The van der Waals surface area contributed by atoms with E-state index in [9.17, 15) is 4.79 Å². The van der Waals surface area contributed by atoms with Crippen molar-refractivity contribution < 1.29 is 14.3 Å². The third kappa shape index (κ3) is 3.32. The largest absolute Gasteiger partial charge is 0.468 e. The minimum absolute atomic E-state index is 0.232. The summed E-state index contributed by atoms with van der Waals surface area (Å²) in [6.07, 6.45) is 2.47. The van der Waals surface area contributed by atoms with Gasteiger partial charge in [-0.15, -0.1) is 0 Å². The molecule has 2 N–H and O–H groups in total. The molecule has 1 atom stereocenters. The summed E-state index contributed by atoms with van der Waals surface area (Å²) in [7, 11) is 1.33. The molecular weight excluding hydrogens is 170 g/mol. The summed E-state index contributed by atoms with van der Waals surface area (Å²) in [5.41, 5.74) is 4.67. The van der Waals surface area contributed by atoms with Gasteiger partial charge in [-0.05, 0) is 25.7 Å². The van der Waals surface area contributed by atoms with Crippen LogP contribution in [0.25, 0.3) is 0 Å². The van der Waals surface area contributed by atoms with Gasteiger partial charge >= 0.3 is 5.97 Å². The zero-order valence-corrected chi connectivity index (χ0v) is 8.21. The van der Waals surface area contributed by atoms with Crippen LogP contribution in [0, 0.1) is 5.92 Å². The SMILES string of the molecule is COC(=O)C(C)(N)COCC1CC1. The number of methoxy groups -OCH3 is 1. The van der Waals surface area contributed by atoms with E-state index >= 15 is 0 Å². The number of rotatable bonds is 5. The van der Waals surface area contributed by atoms with Gasteiger partial charge in [0.1, 0.15) is 5.54 Å². The fourth-order valence-corrected chi connectivity index (χ4v) is 1.01. The van der Waals surface area contributed by atoms with Crippen molar-refractivity contribution in [2.75, 3.05) is 20.3 Å². The minimum atomic E-state index is -1.01. The lowest BCUT2D eigenvalue weighted by molar-refractivity contribution is -0.148. The fourth-order valence-electron chi connectivity index (χ4n) is 1.01. The first kappa shape index (κ1) is 10.5. The first-order chi connectivity index (χ1) is 6.06. The first-order valence-electron chi connectivity index (χ1n) is 4.51. The first-order valence-corrected chi connectivity index (χ1v) is 4.51. The van der Waals surface area contributed by atoms with Crippen LogP contribution in [0.4, 0.5) is 0 Å². The molecular formula is C9H17NO3. The second kappa shape index (κ2) is 4.07. The van der Waals surface area contributed by atoms with Crippen molar-refractivity contribution in [3.05, 3.63) is 0 Å². The summed E-state index contributed by atoms with van der Waals surface area (Å²) in [4.78, 5) is 11.1. The number of nitrogens with two attached hydrogens (primary N) is 1. The van der Waals surface area contributed by atoms with Gasteiger partial charge in [0, 0.05) is 6.61 Å². The van der Waals surface area contributed by atoms with Crippen LogP contribution < -0.4 is 5.73 Å². The van der Waals surface area contributed by atoms with Crippen LogP contribution in [-0.4, -0.2) is 31.8 Å². The highest BCUT2D eigenvalue weighted by molar-refractivity contribution is 5.80. The Balaban J connectivity index is 2.19. The normalized spacial score (nSPS) is 20.8. The molecule has 1 fully saturated rings. The molecule has 0 radical (unpaired) electrons. The van der Waals surface area contributed by atoms with E-state index in [1.54, 1.807) is 6.92 Å². The fraction of sp³-hybridized carbons (Fsp3) is 0.889. The lowest BCUT2D eigenvalue weighted by Crippen LogP contribution is -2.49. The average molecular weight is 187 g/mol. The molecule has 4 nitrogen and oxygen atoms in total. The maximum Gasteiger partial charge on any atom is 0.327 e. The van der Waals surface area contributed by atoms with Gasteiger partial charge in [-0.3, -0.25) is 0 Å². The molecule has 0 aromatic rings. The Kier molecular flexibility index (Phi) is 3.27. The Morgan fingerprint density at radius 3 is 2.69 bits per heavy atom. The molecule has 13 heavy (non-hydrogen) atoms. The van der Waals surface area contributed by atoms with Gasteiger partial charge in [0.25, 0.3) is 0 Å². The number of carbonyl (C=O) groups excluding carboxylic acids is 1. The Labute approximate surface area is 78.4 Å². The van der Waals surface area contributed by atoms with Crippen molar-refractivity contribution in [3.8, 4) is 0 Å². The molecule has 1 aliphatic carbocycles. The molecule has 0 spiro atoms. The molecule has 1 saturated carbocycles. The topological polar surface area (TPSA) is 61.5 Å². The highest BCUT2D eigenvalue weighted by Crippen LogP contribution is 2.28. The lowest BCUT2D eigenvalue weighted by atomic mass is 10.1. The zero-order chi connectivity index (χ0) is 9.90. The van der Waals surface area contributed by atoms with Crippen molar-refractivity contribution in [2.45, 2.75) is 25.3 Å². The molecule has 1 rings (SSSR count). The van der Waals surface area contributed by atoms with Gasteiger partial charge in [0.15, 0.2) is 0 Å². The average Bonchev–Trinajstić information content (AvgIpc) is 2.86. The summed E-state index contributed by atoms with van der Waals surface area (Å²) >= 11 is 0. The molecule has 0 aromatic heterocycles. The molecule has 76 valence electrons. The molecule has 1 aliphatic rings. The molecule has 0 aliphatic heterocycles. The summed E-state index contributed by atoms with van der Waals surface area (Å²) in [5.74, 6) is 0.261. The predicted octanol–water partition coefficient (Wildman–Crippen LogP) is 0.303. The highest BCUT2D eigenvalue weighted by atomic mass is 16.5. The number of carbonyl (C=O) groups is 1. The van der Waals surface area contributed by atoms with E-state index in [0.717, 1.165) is 0 Å². The molecule has 0 heterocycles. The summed E-state index contributed by atoms with van der Waals surface area (Å²) in [6, 6.07) is 0. The number of esters is 1. The summed E-state index contributed by atoms with van der Waals surface area (Å²) in [6.45, 7) is 2.56. The van der Waals surface area contributed by atoms with Gasteiger partial charge in [-0.25, -0.2) is 4.79 Å². The Morgan fingerprint density at radius 2 is 2.23 bits per heavy atom. The number of ether oxygens (including phenoxy) is 2. The van der Waals surface area contributed by atoms with Crippen LogP contribution in [0.3, 0.4) is 0 Å². The van der Waals surface area contributed by atoms with Crippen LogP contribution >= 0.6 is 0 Å². The third-order valence-electron chi connectivity index (χ3n) is 2.10. The number of hydrogen-bond acceptors (Lipinski definition) is 4. The summed E-state index contributed by atoms with van der Waals surface area (Å²) in [5, 5.41) is 0. The van der Waals surface area contributed by atoms with E-state index in [-0.39, 0.29) is 6.61 Å². The molecule has 4 heteroatoms. The van der Waals surface area contributed by atoms with Crippen LogP contribution in [0.2, 0.25) is 0 Å². The van der Waals surface area contributed by atoms with Gasteiger partial charge < -0.3 is 15.2 Å². The van der Waals surface area contributed by atoms with Crippen molar-refractivity contribution in [2.24, 2.45) is 11.7 Å². The highest BCUT2D eigenvalue weighted by Gasteiger charge is 2.31. The van der Waals surface area contributed by atoms with Crippen molar-refractivity contribution in [1.82, 2.24) is 0 Å². The lowest BCUT2D eigenvalue weighted by Gasteiger charge is -2.20. The van der Waals surface area contributed by atoms with E-state index in [1.165, 1.54) is 20.0 Å². The standard InChI is InChI=1S/C9H17NO3/c1-9(10,8(11)12-2)6-13-5-7-3-4-7/h7H,3-6,10H2,1-2H3. The Morgan fingerprint density at radius 1 is 1.62 bits per heavy atom. The number of hydrogen-bond donors (Lipinski definition) is 1. The minimum Gasteiger partial charge on any atom is -0.468 e. The van der Waals surface area contributed by atoms with Crippen molar-refractivity contribution in [1.29, 1.82) is 0 Å². The van der Waals surface area contributed by atoms with Gasteiger partial charge in [0.05, 0.1) is 13.7 Å². The van der Waals surface area contributed by atoms with Gasteiger partial charge in [0.2, 0.25) is 0 Å². The molecule has 0 bridgehead atoms. The molecule has 0 aromatic carbocycles. The maximum atomic E-state index is 11.1. The third-order valence-corrected chi connectivity index (χ3v) is 2.10. The van der Waals surface area contributed by atoms with E-state index in [1.807, 2.05) is 0 Å². The second-order valence-electron chi connectivity index (χ2n) is 3.87. The van der Waals surface area contributed by atoms with Crippen LogP contribution in [0.1, 0.15) is 19.8 Å². The quantitative estimate of drug-likeness (QED) is 0.629. The van der Waals surface area contributed by atoms with E-state index in [2.05, 4.69) is 4.74 Å². The molecule has 1 unspecified atom stereocenters. The van der Waals surface area contributed by atoms with Crippen LogP contribution in [0.5, 0.6) is 0 Å². The van der Waals surface area contributed by atoms with Gasteiger partial charge in [-0.2, -0.15) is 0 Å². The van der Waals surface area contributed by atoms with Crippen LogP contribution in [-0.2, 0) is 14.3 Å². The molecule has 0 saturated heterocycles. The maximum absolute atomic E-state index is 11.1. The smallest absolute Gasteiger partial charge is 0.327 e. The van der Waals surface area contributed by atoms with Gasteiger partial charge in [-0.1, -0.05) is 0 Å². The van der Waals surface area contributed by atoms with Crippen molar-refractivity contribution in [3.63, 3.8) is 0 Å². The van der Waals surface area contributed by atoms with E-state index < -0.39 is 11.5 Å². The van der Waals surface area contributed by atoms with Crippen molar-refractivity contribution >= 4 is 5.97 Å². The monoisotopic (exact) mass is 187 g/mol. The predicted molar refractivity (Wildman–Crippen MR) is 48.2 cm³/mol. The van der Waals surface area contributed by atoms with E-state index in [4.69, 9.17) is 10.5 Å². The Bertz CT molecular complexity index is 187. The second-order valence-corrected chi connectivity index (χ2v) is 3.87. The zero-order valence-electron chi connectivity index (χ0n) is 8.21. The van der Waals surface area contributed by atoms with Crippen LogP contribution in [0.15, 0.2) is 0 Å². The summed E-state index contributed by atoms with van der Waals surface area (Å²) < 4.78 is 9.86. The Hall–Kier alpha value is -0.610. The van der Waals surface area contributed by atoms with E-state index in [0.29, 0.717) is 12.5 Å². The molecule has 0 amide bonds.